The van der Waals surface area contributed by atoms with E-state index in [0.717, 1.165) is 5.56 Å². The summed E-state index contributed by atoms with van der Waals surface area (Å²) < 4.78 is 31.3. The molecule has 1 saturated heterocycles. The third-order valence-electron chi connectivity index (χ3n) is 4.55. The molecule has 1 aromatic rings. The molecule has 0 N–H and O–H groups in total. The number of aryl methyl sites for hydroxylation is 1. The third kappa shape index (κ3) is 2.65. The largest absolute Gasteiger partial charge is 0.498 e. The van der Waals surface area contributed by atoms with Gasteiger partial charge in [0.1, 0.15) is 5.82 Å². The van der Waals surface area contributed by atoms with Crippen LogP contribution in [0.15, 0.2) is 12.1 Å². The third-order valence-corrected chi connectivity index (χ3v) is 4.55. The minimum absolute atomic E-state index is 0.107. The van der Waals surface area contributed by atoms with Gasteiger partial charge in [0.15, 0.2) is 0 Å². The van der Waals surface area contributed by atoms with Crippen LogP contribution in [0.4, 0.5) is 4.39 Å². The molecule has 1 aromatic carbocycles. The summed E-state index contributed by atoms with van der Waals surface area (Å²) in [4.78, 5) is 11.7. The van der Waals surface area contributed by atoms with Crippen molar-refractivity contribution in [2.75, 3.05) is 7.11 Å². The van der Waals surface area contributed by atoms with E-state index in [2.05, 4.69) is 4.74 Å². The number of halogens is 1. The summed E-state index contributed by atoms with van der Waals surface area (Å²) in [5.41, 5.74) is -0.218. The molecule has 0 aliphatic carbocycles. The highest BCUT2D eigenvalue weighted by Crippen LogP contribution is 2.37. The molecule has 0 aromatic heterocycles. The molecule has 1 fully saturated rings. The second-order valence-corrected chi connectivity index (χ2v) is 6.43. The highest BCUT2D eigenvalue weighted by molar-refractivity contribution is 6.62. The van der Waals surface area contributed by atoms with Gasteiger partial charge < -0.3 is 14.0 Å². The maximum atomic E-state index is 14.9. The number of carbonyl (C=O) groups excluding carboxylic acids is 1. The topological polar surface area (TPSA) is 44.8 Å². The molecule has 0 saturated carbocycles. The zero-order valence-electron chi connectivity index (χ0n) is 14.0. The van der Waals surface area contributed by atoms with Crippen LogP contribution in [-0.4, -0.2) is 31.4 Å². The maximum absolute atomic E-state index is 14.9. The highest BCUT2D eigenvalue weighted by Gasteiger charge is 2.53. The van der Waals surface area contributed by atoms with Crippen molar-refractivity contribution in [3.05, 3.63) is 29.1 Å². The van der Waals surface area contributed by atoms with Gasteiger partial charge in [-0.1, -0.05) is 13.0 Å². The number of benzene rings is 1. The molecule has 4 nitrogen and oxygen atoms in total. The predicted molar refractivity (Wildman–Crippen MR) is 82.8 cm³/mol. The second-order valence-electron chi connectivity index (χ2n) is 6.43. The molecule has 0 spiro atoms. The van der Waals surface area contributed by atoms with Crippen molar-refractivity contribution in [1.82, 2.24) is 0 Å². The molecule has 120 valence electrons. The zero-order chi connectivity index (χ0) is 16.7. The Hall–Kier alpha value is -1.40. The quantitative estimate of drug-likeness (QED) is 0.636. The van der Waals surface area contributed by atoms with Gasteiger partial charge in [-0.3, -0.25) is 0 Å². The van der Waals surface area contributed by atoms with Crippen LogP contribution in [-0.2, 0) is 20.5 Å². The van der Waals surface area contributed by atoms with Gasteiger partial charge >= 0.3 is 13.1 Å². The van der Waals surface area contributed by atoms with E-state index in [4.69, 9.17) is 9.31 Å². The van der Waals surface area contributed by atoms with Gasteiger partial charge in [-0.05, 0) is 45.7 Å². The summed E-state index contributed by atoms with van der Waals surface area (Å²) in [5, 5.41) is 0. The molecule has 2 rings (SSSR count). The lowest BCUT2D eigenvalue weighted by Crippen LogP contribution is -2.41. The van der Waals surface area contributed by atoms with Crippen molar-refractivity contribution in [2.24, 2.45) is 0 Å². The SMILES string of the molecule is CCc1ccc(C(=O)OC)c(F)c1B1OC(C)(C)C(C)(C)O1. The Kier molecular flexibility index (Phi) is 4.37. The van der Waals surface area contributed by atoms with Crippen LogP contribution < -0.4 is 5.46 Å². The van der Waals surface area contributed by atoms with Crippen molar-refractivity contribution in [3.63, 3.8) is 0 Å². The van der Waals surface area contributed by atoms with Gasteiger partial charge in [0.25, 0.3) is 0 Å². The average molecular weight is 308 g/mol. The van der Waals surface area contributed by atoms with Crippen LogP contribution in [0.25, 0.3) is 0 Å². The average Bonchev–Trinajstić information content (AvgIpc) is 2.65. The summed E-state index contributed by atoms with van der Waals surface area (Å²) in [6, 6.07) is 3.16. The van der Waals surface area contributed by atoms with E-state index < -0.39 is 30.1 Å². The van der Waals surface area contributed by atoms with E-state index in [1.165, 1.54) is 13.2 Å². The van der Waals surface area contributed by atoms with E-state index in [0.29, 0.717) is 6.42 Å². The van der Waals surface area contributed by atoms with Crippen LogP contribution in [0.1, 0.15) is 50.5 Å². The summed E-state index contributed by atoms with van der Waals surface area (Å²) in [5.74, 6) is -1.34. The highest BCUT2D eigenvalue weighted by atomic mass is 19.1. The summed E-state index contributed by atoms with van der Waals surface area (Å²) in [7, 11) is 0.383. The number of esters is 1. The van der Waals surface area contributed by atoms with Crippen LogP contribution in [0.3, 0.4) is 0 Å². The fourth-order valence-electron chi connectivity index (χ4n) is 2.42. The number of hydrogen-bond donors (Lipinski definition) is 0. The molecular weight excluding hydrogens is 286 g/mol. The summed E-state index contributed by atoms with van der Waals surface area (Å²) in [6.45, 7) is 9.53. The lowest BCUT2D eigenvalue weighted by atomic mass is 9.74. The van der Waals surface area contributed by atoms with Gasteiger partial charge in [-0.25, -0.2) is 9.18 Å². The van der Waals surface area contributed by atoms with E-state index in [9.17, 15) is 9.18 Å². The molecule has 0 bridgehead atoms. The Morgan fingerprint density at radius 2 is 1.77 bits per heavy atom. The molecule has 0 amide bonds. The lowest BCUT2D eigenvalue weighted by molar-refractivity contribution is 0.00578. The van der Waals surface area contributed by atoms with Crippen LogP contribution in [0, 0.1) is 5.82 Å². The van der Waals surface area contributed by atoms with Crippen molar-refractivity contribution >= 4 is 18.6 Å². The van der Waals surface area contributed by atoms with Gasteiger partial charge in [-0.2, -0.15) is 0 Å². The van der Waals surface area contributed by atoms with Gasteiger partial charge in [0.2, 0.25) is 0 Å². The van der Waals surface area contributed by atoms with Crippen molar-refractivity contribution in [3.8, 4) is 0 Å². The summed E-state index contributed by atoms with van der Waals surface area (Å²) in [6.07, 6.45) is 0.609. The first-order valence-corrected chi connectivity index (χ1v) is 7.40. The van der Waals surface area contributed by atoms with Gasteiger partial charge in [0, 0.05) is 5.46 Å². The lowest BCUT2D eigenvalue weighted by Gasteiger charge is -2.32. The maximum Gasteiger partial charge on any atom is 0.498 e. The second kappa shape index (κ2) is 5.67. The van der Waals surface area contributed by atoms with Crippen LogP contribution >= 0.6 is 0 Å². The molecule has 1 aliphatic heterocycles. The number of methoxy groups -OCH3 is 1. The van der Waals surface area contributed by atoms with E-state index >= 15 is 0 Å². The molecule has 22 heavy (non-hydrogen) atoms. The standard InChI is InChI=1S/C16H22BFO4/c1-7-10-8-9-11(14(19)20-6)13(18)12(10)17-21-15(2,3)16(4,5)22-17/h8-9H,7H2,1-6H3. The van der Waals surface area contributed by atoms with Gasteiger partial charge in [-0.15, -0.1) is 0 Å². The molecule has 0 radical (unpaired) electrons. The van der Waals surface area contributed by atoms with Gasteiger partial charge in [0.05, 0.1) is 23.9 Å². The molecule has 6 heteroatoms. The first-order chi connectivity index (χ1) is 10.1. The van der Waals surface area contributed by atoms with E-state index in [-0.39, 0.29) is 11.0 Å². The monoisotopic (exact) mass is 308 g/mol. The number of rotatable bonds is 3. The fourth-order valence-corrected chi connectivity index (χ4v) is 2.42. The zero-order valence-corrected chi connectivity index (χ0v) is 14.0. The Bertz CT molecular complexity index is 582. The Morgan fingerprint density at radius 3 is 2.23 bits per heavy atom. The van der Waals surface area contributed by atoms with E-state index in [1.54, 1.807) is 6.07 Å². The molecule has 0 atom stereocenters. The molecule has 1 heterocycles. The minimum Gasteiger partial charge on any atom is -0.465 e. The molecular formula is C16H22BFO4. The predicted octanol–water partition coefficient (Wildman–Crippen LogP) is 2.47. The Balaban J connectivity index is 2.53. The fraction of sp³-hybridized carbons (Fsp3) is 0.562. The number of hydrogen-bond acceptors (Lipinski definition) is 4. The normalized spacial score (nSPS) is 19.3. The smallest absolute Gasteiger partial charge is 0.465 e. The van der Waals surface area contributed by atoms with Crippen LogP contribution in [0.2, 0.25) is 0 Å². The summed E-state index contributed by atoms with van der Waals surface area (Å²) >= 11 is 0. The van der Waals surface area contributed by atoms with Crippen molar-refractivity contribution in [2.45, 2.75) is 52.2 Å². The number of ether oxygens (including phenoxy) is 1. The first-order valence-electron chi connectivity index (χ1n) is 7.40. The number of carbonyl (C=O) groups is 1. The molecule has 0 unspecified atom stereocenters. The van der Waals surface area contributed by atoms with E-state index in [1.807, 2.05) is 34.6 Å². The van der Waals surface area contributed by atoms with Crippen molar-refractivity contribution in [1.29, 1.82) is 0 Å². The Morgan fingerprint density at radius 1 is 1.23 bits per heavy atom. The van der Waals surface area contributed by atoms with Crippen molar-refractivity contribution < 1.29 is 23.2 Å². The van der Waals surface area contributed by atoms with Crippen LogP contribution in [0.5, 0.6) is 0 Å². The minimum atomic E-state index is -0.843. The molecule has 1 aliphatic rings. The first kappa shape index (κ1) is 17.0. The Labute approximate surface area is 131 Å².